The van der Waals surface area contributed by atoms with Crippen LogP contribution in [-0.2, 0) is 30.3 Å². The monoisotopic (exact) mass is 670 g/mol. The summed E-state index contributed by atoms with van der Waals surface area (Å²) in [7, 11) is 1.32. The summed E-state index contributed by atoms with van der Waals surface area (Å²) in [5.41, 5.74) is 4.31. The first-order chi connectivity index (χ1) is 22.7. The highest BCUT2D eigenvalue weighted by Gasteiger charge is 2.50. The van der Waals surface area contributed by atoms with Crippen molar-refractivity contribution in [2.45, 2.75) is 62.4 Å². The molecule has 1 fully saturated rings. The lowest BCUT2D eigenvalue weighted by Crippen LogP contribution is -2.53. The molecule has 2 aromatic rings. The van der Waals surface area contributed by atoms with E-state index in [1.54, 1.807) is 6.92 Å². The molecule has 0 spiro atoms. The molecule has 48 heavy (non-hydrogen) atoms. The largest absolute Gasteiger partial charge is 0.507 e. The molecule has 10 N–H and O–H groups in total. The number of hydrogen-bond acceptors (Lipinski definition) is 16. The minimum absolute atomic E-state index is 0.0173. The van der Waals surface area contributed by atoms with E-state index >= 15 is 0 Å². The number of hydrogen-bond donors (Lipinski definition) is 8. The summed E-state index contributed by atoms with van der Waals surface area (Å²) in [5, 5.41) is 54.4. The average Bonchev–Trinajstić information content (AvgIpc) is 3.39. The number of methoxy groups -OCH3 is 1. The number of ether oxygens (including phenoxy) is 3. The quantitative estimate of drug-likeness (QED) is 0.0627. The molecule has 2 amide bonds. The van der Waals surface area contributed by atoms with Crippen LogP contribution in [-0.4, -0.2) is 104 Å². The zero-order chi connectivity index (χ0) is 35.2. The molecule has 0 saturated carbocycles. The summed E-state index contributed by atoms with van der Waals surface area (Å²) in [6, 6.07) is 3.64. The van der Waals surface area contributed by atoms with E-state index in [9.17, 15) is 49.5 Å². The minimum atomic E-state index is -2.24. The van der Waals surface area contributed by atoms with Gasteiger partial charge in [-0.3, -0.25) is 29.8 Å². The summed E-state index contributed by atoms with van der Waals surface area (Å²) in [6.07, 6.45) is -2.84. The molecule has 2 aliphatic carbocycles. The Labute approximate surface area is 272 Å². The van der Waals surface area contributed by atoms with Crippen molar-refractivity contribution in [3.8, 4) is 17.2 Å². The van der Waals surface area contributed by atoms with Gasteiger partial charge in [-0.25, -0.2) is 0 Å². The van der Waals surface area contributed by atoms with Crippen molar-refractivity contribution in [3.63, 3.8) is 0 Å². The van der Waals surface area contributed by atoms with E-state index in [1.807, 2.05) is 5.53 Å². The molecule has 4 aliphatic rings. The van der Waals surface area contributed by atoms with Crippen molar-refractivity contribution in [1.82, 2.24) is 10.5 Å². The van der Waals surface area contributed by atoms with Gasteiger partial charge in [0.15, 0.2) is 17.9 Å². The first-order valence-corrected chi connectivity index (χ1v) is 14.7. The van der Waals surface area contributed by atoms with Gasteiger partial charge in [-0.15, -0.1) is 0 Å². The maximum Gasteiger partial charge on any atom is 0.269 e. The molecule has 6 atom stereocenters. The van der Waals surface area contributed by atoms with E-state index in [-0.39, 0.29) is 34.4 Å². The highest BCUT2D eigenvalue weighted by Crippen LogP contribution is 2.52. The lowest BCUT2D eigenvalue weighted by atomic mass is 9.72. The first-order valence-electron chi connectivity index (χ1n) is 14.7. The number of aliphatic hydroxyl groups is 3. The predicted molar refractivity (Wildman–Crippen MR) is 160 cm³/mol. The number of rotatable bonds is 6. The topological polar surface area (TPSA) is 282 Å². The fourth-order valence-electron chi connectivity index (χ4n) is 6.28. The number of aliphatic hydroxyl groups excluding tert-OH is 2. The number of imide groups is 1. The number of phenols is 2. The number of phenolic OH excluding ortho intramolecular Hbond substituents is 2. The Kier molecular flexibility index (Phi) is 9.51. The van der Waals surface area contributed by atoms with Crippen molar-refractivity contribution >= 4 is 29.2 Å². The third-order valence-electron chi connectivity index (χ3n) is 8.74. The molecule has 17 nitrogen and oxygen atoms in total. The molecule has 0 radical (unpaired) electrons. The summed E-state index contributed by atoms with van der Waals surface area (Å²) >= 11 is 0. The summed E-state index contributed by atoms with van der Waals surface area (Å²) in [4.78, 5) is 60.7. The van der Waals surface area contributed by atoms with Gasteiger partial charge < -0.3 is 45.5 Å². The number of nitrogens with zero attached hydrogens (tertiary/aromatic N) is 1. The zero-order valence-corrected chi connectivity index (χ0v) is 25.7. The number of benzene rings is 2. The molecule has 0 aromatic heterocycles. The van der Waals surface area contributed by atoms with Crippen molar-refractivity contribution in [3.05, 3.63) is 63.7 Å². The molecule has 256 valence electrons. The lowest BCUT2D eigenvalue weighted by molar-refractivity contribution is -0.247. The molecular formula is C31H34N4O13. The van der Waals surface area contributed by atoms with Gasteiger partial charge >= 0.3 is 0 Å². The summed E-state index contributed by atoms with van der Waals surface area (Å²) in [6.45, 7) is 0.560. The van der Waals surface area contributed by atoms with Gasteiger partial charge in [0.05, 0.1) is 42.1 Å². The van der Waals surface area contributed by atoms with Crippen molar-refractivity contribution < 1.29 is 63.7 Å². The standard InChI is InChI=1S/C27H29NO11.C4H5N3O2/c1-10-22(31)13(28)6-17(38-10)39-15-8-27(36,16(30)9-29)7-12-19(15)26(35)21-20(24(12)33)23(32)11-4-3-5-14(37-2)18(11)25(21)34;5-6-7-3(8)1-2-4(7)9/h3-5,10,13,15,17,22,29,31,33,35-36H,6-9,28H2,1-2H3;1-2,6H,5H2/t10-,13-,15-,17-,22+,27-;/m0./s1. The van der Waals surface area contributed by atoms with Gasteiger partial charge in [-0.1, -0.05) is 12.1 Å². The number of carbonyl (C=O) groups excluding carboxylic acids is 5. The second-order valence-corrected chi connectivity index (χ2v) is 11.6. The lowest BCUT2D eigenvalue weighted by Gasteiger charge is -2.42. The average molecular weight is 671 g/mol. The molecule has 2 aliphatic heterocycles. The number of amides is 2. The summed E-state index contributed by atoms with van der Waals surface area (Å²) < 4.78 is 17.0. The third kappa shape index (κ3) is 5.75. The van der Waals surface area contributed by atoms with E-state index in [2.05, 4.69) is 0 Å². The molecule has 6 rings (SSSR count). The van der Waals surface area contributed by atoms with Crippen molar-refractivity contribution in [2.75, 3.05) is 13.7 Å². The SMILES string of the molecule is COc1cccc2c1C(=O)c1c(O)c3c(c(O)c1C2=O)C[C@@](O)(C(=O)CO)C[C@@H]3O[C@H]1C[C@H](N)[C@H](O)[C@H](C)O1.NNN1C(=O)C=CC1=O. The second-order valence-electron chi connectivity index (χ2n) is 11.6. The molecule has 1 saturated heterocycles. The van der Waals surface area contributed by atoms with Gasteiger partial charge in [0.1, 0.15) is 29.5 Å². The smallest absolute Gasteiger partial charge is 0.269 e. The van der Waals surface area contributed by atoms with Crippen LogP contribution in [0.15, 0.2) is 30.4 Å². The number of nitrogens with one attached hydrogen (secondary N) is 1. The Morgan fingerprint density at radius 2 is 1.73 bits per heavy atom. The van der Waals surface area contributed by atoms with Crippen LogP contribution in [0.5, 0.6) is 17.2 Å². The number of nitrogens with two attached hydrogens (primary N) is 2. The normalized spacial score (nSPS) is 27.6. The Morgan fingerprint density at radius 3 is 2.29 bits per heavy atom. The van der Waals surface area contributed by atoms with Crippen LogP contribution in [0, 0.1) is 0 Å². The molecule has 2 aromatic carbocycles. The van der Waals surface area contributed by atoms with Crippen molar-refractivity contribution in [2.24, 2.45) is 11.6 Å². The van der Waals surface area contributed by atoms with Gasteiger partial charge in [-0.05, 0) is 13.0 Å². The van der Waals surface area contributed by atoms with E-state index < -0.39 is 107 Å². The number of carbonyl (C=O) groups is 5. The molecule has 0 unspecified atom stereocenters. The number of fused-ring (bicyclic) bond motifs is 3. The van der Waals surface area contributed by atoms with Crippen LogP contribution >= 0.6 is 0 Å². The van der Waals surface area contributed by atoms with Gasteiger partial charge in [0.2, 0.25) is 5.78 Å². The number of hydrazine groups is 2. The Balaban J connectivity index is 0.000000434. The highest BCUT2D eigenvalue weighted by molar-refractivity contribution is 6.31. The van der Waals surface area contributed by atoms with Crippen LogP contribution in [0.3, 0.4) is 0 Å². The fourth-order valence-corrected chi connectivity index (χ4v) is 6.28. The highest BCUT2D eigenvalue weighted by atomic mass is 16.7. The Morgan fingerprint density at radius 1 is 1.08 bits per heavy atom. The van der Waals surface area contributed by atoms with Gasteiger partial charge in [-0.2, -0.15) is 10.5 Å². The van der Waals surface area contributed by atoms with Crippen LogP contribution in [0.2, 0.25) is 0 Å². The van der Waals surface area contributed by atoms with E-state index in [0.29, 0.717) is 5.01 Å². The van der Waals surface area contributed by atoms with Gasteiger partial charge in [0.25, 0.3) is 11.8 Å². The summed E-state index contributed by atoms with van der Waals surface area (Å²) in [5.74, 6) is 0.150. The van der Waals surface area contributed by atoms with Crippen LogP contribution in [0.1, 0.15) is 68.8 Å². The molecule has 17 heteroatoms. The minimum Gasteiger partial charge on any atom is -0.507 e. The molecule has 0 bridgehead atoms. The number of Topliss-reactive ketones (excluding diaryl/α,β-unsaturated/α-hetero) is 1. The fraction of sp³-hybridized carbons (Fsp3) is 0.387. The second kappa shape index (κ2) is 13.1. The zero-order valence-electron chi connectivity index (χ0n) is 25.7. The van der Waals surface area contributed by atoms with Crippen LogP contribution in [0.25, 0.3) is 0 Å². The third-order valence-corrected chi connectivity index (χ3v) is 8.74. The first kappa shape index (κ1) is 34.7. The maximum atomic E-state index is 13.6. The van der Waals surface area contributed by atoms with Gasteiger partial charge in [0, 0.05) is 54.1 Å². The molecular weight excluding hydrogens is 636 g/mol. The van der Waals surface area contributed by atoms with Crippen LogP contribution in [0.4, 0.5) is 0 Å². The van der Waals surface area contributed by atoms with Crippen LogP contribution < -0.4 is 21.8 Å². The van der Waals surface area contributed by atoms with E-state index in [0.717, 1.165) is 12.2 Å². The van der Waals surface area contributed by atoms with Crippen molar-refractivity contribution in [1.29, 1.82) is 0 Å². The van der Waals surface area contributed by atoms with E-state index in [1.165, 1.54) is 25.3 Å². The predicted octanol–water partition coefficient (Wildman–Crippen LogP) is -1.71. The Hall–Kier alpha value is -4.59. The number of ketones is 3. The van der Waals surface area contributed by atoms with E-state index in [4.69, 9.17) is 25.8 Å². The molecule has 2 heterocycles. The maximum absolute atomic E-state index is 13.6. The number of aromatic hydroxyl groups is 2. The Bertz CT molecular complexity index is 1710.